The molecular weight excluding hydrogens is 402 g/mol. The lowest BCUT2D eigenvalue weighted by Crippen LogP contribution is -2.34. The smallest absolute Gasteiger partial charge is 0.166 e. The number of hydrogen-bond acceptors (Lipinski definition) is 5. The Morgan fingerprint density at radius 3 is 2.75 bits per heavy atom. The van der Waals surface area contributed by atoms with Crippen LogP contribution in [-0.2, 0) is 0 Å². The van der Waals surface area contributed by atoms with Crippen molar-refractivity contribution in [2.75, 3.05) is 18.4 Å². The first-order chi connectivity index (χ1) is 13.5. The second-order valence-electron chi connectivity index (χ2n) is 6.77. The van der Waals surface area contributed by atoms with Gasteiger partial charge in [0.2, 0.25) is 0 Å². The number of nitrogens with zero attached hydrogens (tertiary/aromatic N) is 2. The number of ether oxygens (including phenoxy) is 1. The standard InChI is InChI=1S/C20H19Cl2FN4O/c1-11-8-16-13(9-17(11)28-12-4-6-24-7-5-12)20(26-10-25-16)27-15-3-2-14(21)18(22)19(15)23/h2-3,8-10,12,24H,4-7H2,1H3,(H,25,26,27). The van der Waals surface area contributed by atoms with Gasteiger partial charge in [0.15, 0.2) is 5.82 Å². The molecule has 146 valence electrons. The van der Waals surface area contributed by atoms with Gasteiger partial charge in [0.1, 0.15) is 24.0 Å². The van der Waals surface area contributed by atoms with E-state index in [9.17, 15) is 4.39 Å². The van der Waals surface area contributed by atoms with E-state index in [0.717, 1.165) is 48.1 Å². The third kappa shape index (κ3) is 3.85. The highest BCUT2D eigenvalue weighted by atomic mass is 35.5. The van der Waals surface area contributed by atoms with Crippen molar-refractivity contribution < 1.29 is 9.13 Å². The maximum absolute atomic E-state index is 14.4. The second kappa shape index (κ2) is 8.07. The lowest BCUT2D eigenvalue weighted by atomic mass is 10.1. The number of halogens is 3. The molecular formula is C20H19Cl2FN4O. The van der Waals surface area contributed by atoms with Gasteiger partial charge >= 0.3 is 0 Å². The Labute approximate surface area is 172 Å². The summed E-state index contributed by atoms with van der Waals surface area (Å²) in [5, 5.41) is 7.10. The normalized spacial score (nSPS) is 15.0. The topological polar surface area (TPSA) is 59.1 Å². The van der Waals surface area contributed by atoms with Crippen LogP contribution in [0.15, 0.2) is 30.6 Å². The summed E-state index contributed by atoms with van der Waals surface area (Å²) < 4.78 is 20.7. The van der Waals surface area contributed by atoms with Crippen LogP contribution >= 0.6 is 23.2 Å². The third-order valence-electron chi connectivity index (χ3n) is 4.80. The van der Waals surface area contributed by atoms with E-state index in [2.05, 4.69) is 20.6 Å². The highest BCUT2D eigenvalue weighted by Gasteiger charge is 2.18. The molecule has 4 rings (SSSR count). The highest BCUT2D eigenvalue weighted by Crippen LogP contribution is 2.34. The van der Waals surface area contributed by atoms with Crippen LogP contribution in [0.5, 0.6) is 5.75 Å². The minimum Gasteiger partial charge on any atom is -0.490 e. The Morgan fingerprint density at radius 1 is 1.18 bits per heavy atom. The van der Waals surface area contributed by atoms with Crippen LogP contribution in [-0.4, -0.2) is 29.2 Å². The van der Waals surface area contributed by atoms with Crippen molar-refractivity contribution in [3.8, 4) is 5.75 Å². The van der Waals surface area contributed by atoms with Gasteiger partial charge in [-0.15, -0.1) is 0 Å². The quantitative estimate of drug-likeness (QED) is 0.563. The van der Waals surface area contributed by atoms with E-state index in [1.54, 1.807) is 0 Å². The van der Waals surface area contributed by atoms with E-state index in [-0.39, 0.29) is 21.8 Å². The number of rotatable bonds is 4. The van der Waals surface area contributed by atoms with E-state index in [1.807, 2.05) is 19.1 Å². The fraction of sp³-hybridized carbons (Fsp3) is 0.300. The molecule has 3 aromatic rings. The first kappa shape index (κ1) is 19.2. The molecule has 1 saturated heterocycles. The zero-order valence-corrected chi connectivity index (χ0v) is 16.7. The summed E-state index contributed by atoms with van der Waals surface area (Å²) in [7, 11) is 0. The van der Waals surface area contributed by atoms with Gasteiger partial charge in [0.25, 0.3) is 0 Å². The fourth-order valence-electron chi connectivity index (χ4n) is 3.26. The third-order valence-corrected chi connectivity index (χ3v) is 5.58. The highest BCUT2D eigenvalue weighted by molar-refractivity contribution is 6.42. The SMILES string of the molecule is Cc1cc2ncnc(Nc3ccc(Cl)c(Cl)c3F)c2cc1OC1CCNCC1. The molecule has 2 heterocycles. The van der Waals surface area contributed by atoms with Gasteiger partial charge in [-0.25, -0.2) is 14.4 Å². The van der Waals surface area contributed by atoms with Gasteiger partial charge in [-0.3, -0.25) is 0 Å². The minimum atomic E-state index is -0.626. The molecule has 2 N–H and O–H groups in total. The zero-order valence-electron chi connectivity index (χ0n) is 15.2. The summed E-state index contributed by atoms with van der Waals surface area (Å²) >= 11 is 11.8. The first-order valence-corrected chi connectivity index (χ1v) is 9.82. The van der Waals surface area contributed by atoms with E-state index in [0.29, 0.717) is 5.82 Å². The number of hydrogen-bond donors (Lipinski definition) is 2. The molecule has 28 heavy (non-hydrogen) atoms. The maximum Gasteiger partial charge on any atom is 0.166 e. The molecule has 8 heteroatoms. The van der Waals surface area contributed by atoms with Crippen LogP contribution < -0.4 is 15.4 Å². The predicted molar refractivity (Wildman–Crippen MR) is 110 cm³/mol. The molecule has 1 aromatic heterocycles. The van der Waals surface area contributed by atoms with Crippen molar-refractivity contribution in [3.63, 3.8) is 0 Å². The van der Waals surface area contributed by atoms with Gasteiger partial charge in [0.05, 0.1) is 21.2 Å². The first-order valence-electron chi connectivity index (χ1n) is 9.06. The molecule has 5 nitrogen and oxygen atoms in total. The Hall–Kier alpha value is -2.15. The number of aromatic nitrogens is 2. The summed E-state index contributed by atoms with van der Waals surface area (Å²) in [4.78, 5) is 8.61. The fourth-order valence-corrected chi connectivity index (χ4v) is 3.57. The van der Waals surface area contributed by atoms with Crippen molar-refractivity contribution >= 4 is 45.6 Å². The summed E-state index contributed by atoms with van der Waals surface area (Å²) in [6, 6.07) is 6.92. The van der Waals surface area contributed by atoms with Gasteiger partial charge in [0, 0.05) is 5.39 Å². The van der Waals surface area contributed by atoms with Gasteiger partial charge in [-0.05, 0) is 62.7 Å². The Bertz CT molecular complexity index is 1020. The largest absolute Gasteiger partial charge is 0.490 e. The molecule has 0 amide bonds. The summed E-state index contributed by atoms with van der Waals surface area (Å²) in [6.07, 6.45) is 3.53. The molecule has 1 aliphatic heterocycles. The predicted octanol–water partition coefficient (Wildman–Crippen LogP) is 5.26. The van der Waals surface area contributed by atoms with Crippen molar-refractivity contribution in [3.05, 3.63) is 52.0 Å². The molecule has 1 fully saturated rings. The van der Waals surface area contributed by atoms with Crippen LogP contribution in [0.2, 0.25) is 10.0 Å². The van der Waals surface area contributed by atoms with Crippen LogP contribution in [0.25, 0.3) is 10.9 Å². The number of anilines is 2. The Morgan fingerprint density at radius 2 is 1.96 bits per heavy atom. The van der Waals surface area contributed by atoms with E-state index < -0.39 is 5.82 Å². The van der Waals surface area contributed by atoms with Gasteiger partial charge < -0.3 is 15.4 Å². The Kier molecular flexibility index (Phi) is 5.53. The van der Waals surface area contributed by atoms with Crippen LogP contribution in [0.1, 0.15) is 18.4 Å². The lowest BCUT2D eigenvalue weighted by Gasteiger charge is -2.25. The molecule has 0 radical (unpaired) electrons. The van der Waals surface area contributed by atoms with E-state index >= 15 is 0 Å². The van der Waals surface area contributed by atoms with Crippen LogP contribution in [0.4, 0.5) is 15.9 Å². The van der Waals surface area contributed by atoms with Crippen molar-refractivity contribution in [1.29, 1.82) is 0 Å². The number of benzene rings is 2. The minimum absolute atomic E-state index is 0.129. The number of aryl methyl sites for hydroxylation is 1. The second-order valence-corrected chi connectivity index (χ2v) is 7.56. The number of nitrogens with one attached hydrogen (secondary N) is 2. The molecule has 0 spiro atoms. The molecule has 0 aliphatic carbocycles. The molecule has 1 aliphatic rings. The summed E-state index contributed by atoms with van der Waals surface area (Å²) in [6.45, 7) is 3.89. The Balaban J connectivity index is 1.70. The van der Waals surface area contributed by atoms with Crippen LogP contribution in [0, 0.1) is 12.7 Å². The van der Waals surface area contributed by atoms with Crippen molar-refractivity contribution in [1.82, 2.24) is 15.3 Å². The maximum atomic E-state index is 14.4. The average Bonchev–Trinajstić information content (AvgIpc) is 2.70. The molecule has 2 aromatic carbocycles. The monoisotopic (exact) mass is 420 g/mol. The van der Waals surface area contributed by atoms with E-state index in [1.165, 1.54) is 18.5 Å². The van der Waals surface area contributed by atoms with Gasteiger partial charge in [-0.1, -0.05) is 23.2 Å². The van der Waals surface area contributed by atoms with E-state index in [4.69, 9.17) is 27.9 Å². The van der Waals surface area contributed by atoms with Crippen molar-refractivity contribution in [2.24, 2.45) is 0 Å². The molecule has 0 bridgehead atoms. The number of piperidine rings is 1. The van der Waals surface area contributed by atoms with Crippen molar-refractivity contribution in [2.45, 2.75) is 25.9 Å². The number of fused-ring (bicyclic) bond motifs is 1. The molecule has 0 unspecified atom stereocenters. The van der Waals surface area contributed by atoms with Crippen LogP contribution in [0.3, 0.4) is 0 Å². The summed E-state index contributed by atoms with van der Waals surface area (Å²) in [5.41, 5.74) is 1.93. The lowest BCUT2D eigenvalue weighted by molar-refractivity contribution is 0.161. The molecule has 0 atom stereocenters. The summed E-state index contributed by atoms with van der Waals surface area (Å²) in [5.74, 6) is 0.628. The molecule has 0 saturated carbocycles. The average molecular weight is 421 g/mol. The zero-order chi connectivity index (χ0) is 19.7. The van der Waals surface area contributed by atoms with Gasteiger partial charge in [-0.2, -0.15) is 0 Å².